The van der Waals surface area contributed by atoms with Gasteiger partial charge in [-0.15, -0.1) is 0 Å². The van der Waals surface area contributed by atoms with Crippen molar-refractivity contribution in [2.75, 3.05) is 14.1 Å². The molecule has 1 aromatic rings. The fraction of sp³-hybridized carbons (Fsp3) is 0.167. The van der Waals surface area contributed by atoms with Crippen molar-refractivity contribution >= 4 is 18.3 Å². The number of carbonyl (C=O) groups excluding carboxylic acids is 2. The van der Waals surface area contributed by atoms with E-state index in [4.69, 9.17) is 0 Å². The normalized spacial score (nSPS) is 10.3. The highest BCUT2D eigenvalue weighted by molar-refractivity contribution is 5.94. The van der Waals surface area contributed by atoms with Gasteiger partial charge in [-0.25, -0.2) is 0 Å². The van der Waals surface area contributed by atoms with Gasteiger partial charge in [-0.2, -0.15) is 0 Å². The minimum atomic E-state index is -0.0450. The van der Waals surface area contributed by atoms with E-state index < -0.39 is 0 Å². The van der Waals surface area contributed by atoms with Gasteiger partial charge in [0.1, 0.15) is 6.29 Å². The molecule has 0 saturated carbocycles. The van der Waals surface area contributed by atoms with E-state index in [1.165, 1.54) is 11.0 Å². The molecule has 0 spiro atoms. The van der Waals surface area contributed by atoms with Crippen molar-refractivity contribution in [1.29, 1.82) is 0 Å². The molecule has 1 amide bonds. The number of hydrogen-bond donors (Lipinski definition) is 0. The van der Waals surface area contributed by atoms with Gasteiger partial charge in [0.25, 0.3) is 5.91 Å². The SMILES string of the molecule is CN(C)C(=O)c1cccc(C=CC=O)c1. The lowest BCUT2D eigenvalue weighted by atomic mass is 10.1. The van der Waals surface area contributed by atoms with Gasteiger partial charge >= 0.3 is 0 Å². The zero-order chi connectivity index (χ0) is 11.3. The molecule has 15 heavy (non-hydrogen) atoms. The third kappa shape index (κ3) is 3.06. The van der Waals surface area contributed by atoms with Crippen LogP contribution in [-0.2, 0) is 4.79 Å². The summed E-state index contributed by atoms with van der Waals surface area (Å²) in [6.07, 6.45) is 3.78. The summed E-state index contributed by atoms with van der Waals surface area (Å²) in [7, 11) is 3.41. The Morgan fingerprint density at radius 2 is 2.07 bits per heavy atom. The van der Waals surface area contributed by atoms with Crippen molar-refractivity contribution in [2.24, 2.45) is 0 Å². The van der Waals surface area contributed by atoms with Crippen LogP contribution in [0.5, 0.6) is 0 Å². The maximum Gasteiger partial charge on any atom is 0.253 e. The largest absolute Gasteiger partial charge is 0.345 e. The number of hydrogen-bond acceptors (Lipinski definition) is 2. The fourth-order valence-electron chi connectivity index (χ4n) is 1.18. The Bertz CT molecular complexity index is 394. The Morgan fingerprint density at radius 1 is 1.33 bits per heavy atom. The van der Waals surface area contributed by atoms with Gasteiger partial charge in [0.15, 0.2) is 0 Å². The molecule has 0 aromatic heterocycles. The van der Waals surface area contributed by atoms with Gasteiger partial charge in [-0.05, 0) is 23.8 Å². The van der Waals surface area contributed by atoms with E-state index in [0.29, 0.717) is 11.8 Å². The van der Waals surface area contributed by atoms with Crippen LogP contribution < -0.4 is 0 Å². The van der Waals surface area contributed by atoms with Gasteiger partial charge in [0.2, 0.25) is 0 Å². The highest BCUT2D eigenvalue weighted by Crippen LogP contribution is 2.08. The third-order valence-electron chi connectivity index (χ3n) is 1.91. The molecule has 3 heteroatoms. The lowest BCUT2D eigenvalue weighted by Crippen LogP contribution is -2.21. The van der Waals surface area contributed by atoms with Crippen LogP contribution >= 0.6 is 0 Å². The van der Waals surface area contributed by atoms with Gasteiger partial charge in [0.05, 0.1) is 0 Å². The molecule has 0 aliphatic carbocycles. The minimum absolute atomic E-state index is 0.0450. The van der Waals surface area contributed by atoms with Gasteiger partial charge in [0, 0.05) is 19.7 Å². The van der Waals surface area contributed by atoms with Gasteiger partial charge in [-0.1, -0.05) is 18.2 Å². The molecule has 0 heterocycles. The van der Waals surface area contributed by atoms with Gasteiger partial charge in [-0.3, -0.25) is 9.59 Å². The lowest BCUT2D eigenvalue weighted by molar-refractivity contribution is -0.104. The Kier molecular flexibility index (Phi) is 3.80. The maximum absolute atomic E-state index is 11.6. The van der Waals surface area contributed by atoms with E-state index in [1.54, 1.807) is 38.4 Å². The highest BCUT2D eigenvalue weighted by Gasteiger charge is 2.06. The summed E-state index contributed by atoms with van der Waals surface area (Å²) in [4.78, 5) is 23.3. The molecular formula is C12H13NO2. The van der Waals surface area contributed by atoms with Crippen molar-refractivity contribution < 1.29 is 9.59 Å². The molecule has 0 unspecified atom stereocenters. The molecule has 0 aliphatic heterocycles. The molecule has 1 rings (SSSR count). The summed E-state index contributed by atoms with van der Waals surface area (Å²) >= 11 is 0. The van der Waals surface area contributed by atoms with Crippen LogP contribution in [0.3, 0.4) is 0 Å². The summed E-state index contributed by atoms with van der Waals surface area (Å²) in [5.74, 6) is -0.0450. The van der Waals surface area contributed by atoms with Crippen LogP contribution in [0.15, 0.2) is 30.3 Å². The summed E-state index contributed by atoms with van der Waals surface area (Å²) in [5.41, 5.74) is 1.46. The first-order valence-corrected chi connectivity index (χ1v) is 4.58. The Labute approximate surface area is 89.0 Å². The topological polar surface area (TPSA) is 37.4 Å². The molecule has 0 radical (unpaired) electrons. The van der Waals surface area contributed by atoms with E-state index in [1.807, 2.05) is 6.07 Å². The van der Waals surface area contributed by atoms with E-state index in [2.05, 4.69) is 0 Å². The molecule has 0 aliphatic rings. The summed E-state index contributed by atoms with van der Waals surface area (Å²) in [6, 6.07) is 7.14. The number of carbonyl (C=O) groups is 2. The number of allylic oxidation sites excluding steroid dienone is 1. The number of rotatable bonds is 3. The van der Waals surface area contributed by atoms with Crippen molar-refractivity contribution in [3.8, 4) is 0 Å². The Morgan fingerprint density at radius 3 is 2.67 bits per heavy atom. The molecule has 0 saturated heterocycles. The van der Waals surface area contributed by atoms with Crippen LogP contribution in [0.1, 0.15) is 15.9 Å². The molecule has 78 valence electrons. The quantitative estimate of drug-likeness (QED) is 0.552. The highest BCUT2D eigenvalue weighted by atomic mass is 16.2. The van der Waals surface area contributed by atoms with E-state index in [-0.39, 0.29) is 5.91 Å². The zero-order valence-corrected chi connectivity index (χ0v) is 8.81. The second-order valence-corrected chi connectivity index (χ2v) is 3.32. The van der Waals surface area contributed by atoms with E-state index >= 15 is 0 Å². The van der Waals surface area contributed by atoms with Crippen molar-refractivity contribution in [1.82, 2.24) is 4.90 Å². The summed E-state index contributed by atoms with van der Waals surface area (Å²) in [5, 5.41) is 0. The molecule has 3 nitrogen and oxygen atoms in total. The van der Waals surface area contributed by atoms with E-state index in [9.17, 15) is 9.59 Å². The Hall–Kier alpha value is -1.90. The first-order valence-electron chi connectivity index (χ1n) is 4.58. The standard InChI is InChI=1S/C12H13NO2/c1-13(2)12(15)11-7-3-5-10(9-11)6-4-8-14/h3-9H,1-2H3. The molecular weight excluding hydrogens is 190 g/mol. The second kappa shape index (κ2) is 5.10. The van der Waals surface area contributed by atoms with Crippen LogP contribution in [0, 0.1) is 0 Å². The molecule has 0 N–H and O–H groups in total. The first kappa shape index (κ1) is 11.2. The smallest absolute Gasteiger partial charge is 0.253 e. The van der Waals surface area contributed by atoms with Crippen molar-refractivity contribution in [3.05, 3.63) is 41.5 Å². The summed E-state index contributed by atoms with van der Waals surface area (Å²) in [6.45, 7) is 0. The van der Waals surface area contributed by atoms with Crippen LogP contribution in [-0.4, -0.2) is 31.2 Å². The predicted octanol–water partition coefficient (Wildman–Crippen LogP) is 1.60. The number of amides is 1. The maximum atomic E-state index is 11.6. The fourth-order valence-corrected chi connectivity index (χ4v) is 1.18. The second-order valence-electron chi connectivity index (χ2n) is 3.32. The summed E-state index contributed by atoms with van der Waals surface area (Å²) < 4.78 is 0. The van der Waals surface area contributed by atoms with Crippen LogP contribution in [0.4, 0.5) is 0 Å². The third-order valence-corrected chi connectivity index (χ3v) is 1.91. The number of aldehydes is 1. The van der Waals surface area contributed by atoms with Crippen LogP contribution in [0.2, 0.25) is 0 Å². The Balaban J connectivity index is 2.97. The average Bonchev–Trinajstić information content (AvgIpc) is 2.25. The number of nitrogens with zero attached hydrogens (tertiary/aromatic N) is 1. The molecule has 0 atom stereocenters. The molecule has 0 fully saturated rings. The van der Waals surface area contributed by atoms with Crippen molar-refractivity contribution in [3.63, 3.8) is 0 Å². The average molecular weight is 203 g/mol. The molecule has 0 bridgehead atoms. The lowest BCUT2D eigenvalue weighted by Gasteiger charge is -2.10. The van der Waals surface area contributed by atoms with E-state index in [0.717, 1.165) is 5.56 Å². The monoisotopic (exact) mass is 203 g/mol. The number of benzene rings is 1. The predicted molar refractivity (Wildman–Crippen MR) is 59.6 cm³/mol. The first-order chi connectivity index (χ1) is 7.15. The van der Waals surface area contributed by atoms with Gasteiger partial charge < -0.3 is 4.90 Å². The zero-order valence-electron chi connectivity index (χ0n) is 8.81. The van der Waals surface area contributed by atoms with Crippen molar-refractivity contribution in [2.45, 2.75) is 0 Å². The molecule has 1 aromatic carbocycles. The minimum Gasteiger partial charge on any atom is -0.345 e. The van der Waals surface area contributed by atoms with Crippen LogP contribution in [0.25, 0.3) is 6.08 Å².